The minimum absolute atomic E-state index is 0.0360. The van der Waals surface area contributed by atoms with Crippen molar-refractivity contribution in [2.75, 3.05) is 13.7 Å². The maximum atomic E-state index is 13.8. The van der Waals surface area contributed by atoms with E-state index in [2.05, 4.69) is 5.32 Å². The molecule has 0 aromatic heterocycles. The molecule has 0 bridgehead atoms. The summed E-state index contributed by atoms with van der Waals surface area (Å²) in [5, 5.41) is 24.0. The lowest BCUT2D eigenvalue weighted by molar-refractivity contribution is -0.278. The number of methoxy groups -OCH3 is 1. The maximum absolute atomic E-state index is 13.8. The molecule has 1 aromatic carbocycles. The summed E-state index contributed by atoms with van der Waals surface area (Å²) in [6.45, 7) is 8.19. The Balaban J connectivity index is 1.43. The number of ether oxygens (including phenoxy) is 4. The van der Waals surface area contributed by atoms with Crippen molar-refractivity contribution in [2.24, 2.45) is 34.5 Å². The summed E-state index contributed by atoms with van der Waals surface area (Å²) in [4.78, 5) is 78.2. The highest BCUT2D eigenvalue weighted by Gasteiger charge is 2.73. The monoisotopic (exact) mass is 695 g/mol. The van der Waals surface area contributed by atoms with E-state index in [1.54, 1.807) is 51.1 Å². The molecule has 13 heteroatoms. The topological polar surface area (TPSA) is 192 Å². The van der Waals surface area contributed by atoms with E-state index in [9.17, 15) is 39.0 Å². The molecule has 1 aliphatic heterocycles. The lowest BCUT2D eigenvalue weighted by atomic mass is 9.38. The van der Waals surface area contributed by atoms with Crippen LogP contribution in [0.15, 0.2) is 53.3 Å². The van der Waals surface area contributed by atoms with Gasteiger partial charge in [0.2, 0.25) is 6.10 Å². The van der Waals surface area contributed by atoms with Crippen molar-refractivity contribution in [1.29, 1.82) is 0 Å². The van der Waals surface area contributed by atoms with Gasteiger partial charge in [-0.3, -0.25) is 14.4 Å². The number of esters is 3. The number of allylic oxidation sites excluding steroid dienone is 3. The number of rotatable bonds is 10. The molecule has 5 rings (SSSR count). The molecule has 3 aliphatic carbocycles. The van der Waals surface area contributed by atoms with Crippen LogP contribution in [0.1, 0.15) is 59.4 Å². The van der Waals surface area contributed by atoms with Gasteiger partial charge in [0.05, 0.1) is 19.1 Å². The van der Waals surface area contributed by atoms with E-state index in [1.807, 2.05) is 13.8 Å². The highest BCUT2D eigenvalue weighted by Crippen LogP contribution is 2.69. The van der Waals surface area contributed by atoms with Gasteiger partial charge < -0.3 is 34.5 Å². The third-order valence-corrected chi connectivity index (χ3v) is 11.3. The van der Waals surface area contributed by atoms with Crippen molar-refractivity contribution >= 4 is 35.6 Å². The standard InChI is InChI=1S/C37H45NO12/c1-18(2)12-28(42)50-31-29-21(34(45)47-6)14-24(39)32-36(4)16-25(40)30(19(3)22(36)15-26(37(29,32)5)49-35(31)46)48-17-27(41)38-23(33(43)44)13-20-10-8-7-9-11-20/h7-12,21-24,26,29,31-32,39H,13-17H2,1-6H3,(H,38,41)(H,43,44)/t21?,22?,23?,24-,26?,29?,31?,32?,36?,37?/m0/s1. The summed E-state index contributed by atoms with van der Waals surface area (Å²) in [6.07, 6.45) is -2.10. The van der Waals surface area contributed by atoms with Gasteiger partial charge >= 0.3 is 23.9 Å². The molecule has 1 saturated heterocycles. The Bertz CT molecular complexity index is 1630. The van der Waals surface area contributed by atoms with Crippen LogP contribution in [0, 0.1) is 34.5 Å². The minimum Gasteiger partial charge on any atom is -0.480 e. The average molecular weight is 696 g/mol. The van der Waals surface area contributed by atoms with E-state index >= 15 is 0 Å². The van der Waals surface area contributed by atoms with Crippen LogP contribution in [0.4, 0.5) is 0 Å². The van der Waals surface area contributed by atoms with Gasteiger partial charge in [-0.05, 0) is 56.1 Å². The van der Waals surface area contributed by atoms with Crippen LogP contribution in [-0.4, -0.2) is 83.9 Å². The quantitative estimate of drug-likeness (QED) is 0.185. The normalized spacial score (nSPS) is 33.5. The number of carboxylic acid groups (broad SMARTS) is 1. The Morgan fingerprint density at radius 2 is 1.78 bits per heavy atom. The van der Waals surface area contributed by atoms with E-state index in [1.165, 1.54) is 13.2 Å². The van der Waals surface area contributed by atoms with Crippen LogP contribution in [0.3, 0.4) is 0 Å². The molecule has 270 valence electrons. The fourth-order valence-corrected chi connectivity index (χ4v) is 9.42. The number of nitrogens with one attached hydrogen (secondary N) is 1. The average Bonchev–Trinajstić information content (AvgIpc) is 3.03. The van der Waals surface area contributed by atoms with Crippen LogP contribution in [-0.2, 0) is 54.1 Å². The Morgan fingerprint density at radius 1 is 1.10 bits per heavy atom. The fourth-order valence-electron chi connectivity index (χ4n) is 9.42. The highest BCUT2D eigenvalue weighted by molar-refractivity contribution is 5.96. The second-order valence-corrected chi connectivity index (χ2v) is 14.6. The largest absolute Gasteiger partial charge is 0.480 e. The van der Waals surface area contributed by atoms with Gasteiger partial charge in [0.25, 0.3) is 5.91 Å². The Labute approximate surface area is 290 Å². The van der Waals surface area contributed by atoms with E-state index in [-0.39, 0.29) is 31.4 Å². The van der Waals surface area contributed by atoms with Gasteiger partial charge in [-0.25, -0.2) is 14.4 Å². The number of hydrogen-bond acceptors (Lipinski definition) is 11. The molecule has 0 spiro atoms. The number of hydrogen-bond donors (Lipinski definition) is 3. The maximum Gasteiger partial charge on any atom is 0.348 e. The molecule has 10 atom stereocenters. The van der Waals surface area contributed by atoms with Crippen molar-refractivity contribution in [2.45, 2.75) is 84.7 Å². The number of amides is 1. The van der Waals surface area contributed by atoms with Crippen molar-refractivity contribution in [1.82, 2.24) is 5.32 Å². The second-order valence-electron chi connectivity index (χ2n) is 14.6. The van der Waals surface area contributed by atoms with Crippen molar-refractivity contribution in [3.05, 3.63) is 58.9 Å². The van der Waals surface area contributed by atoms with Gasteiger partial charge in [0.1, 0.15) is 12.1 Å². The fraction of sp³-hybridized carbons (Fsp3) is 0.568. The van der Waals surface area contributed by atoms with E-state index in [0.717, 1.165) is 5.56 Å². The zero-order chi connectivity index (χ0) is 36.7. The lowest BCUT2D eigenvalue weighted by Gasteiger charge is -2.68. The van der Waals surface area contributed by atoms with Gasteiger partial charge in [-0.15, -0.1) is 0 Å². The lowest BCUT2D eigenvalue weighted by Crippen LogP contribution is -2.73. The molecule has 13 nitrogen and oxygen atoms in total. The number of benzene rings is 1. The molecule has 3 N–H and O–H groups in total. The first-order valence-corrected chi connectivity index (χ1v) is 16.8. The van der Waals surface area contributed by atoms with Crippen LogP contribution in [0.2, 0.25) is 0 Å². The van der Waals surface area contributed by atoms with Gasteiger partial charge in [0.15, 0.2) is 18.1 Å². The zero-order valence-corrected chi connectivity index (χ0v) is 29.1. The molecule has 1 amide bonds. The molecular formula is C37H45NO12. The van der Waals surface area contributed by atoms with E-state index in [0.29, 0.717) is 11.1 Å². The van der Waals surface area contributed by atoms with Crippen LogP contribution in [0.25, 0.3) is 0 Å². The van der Waals surface area contributed by atoms with Crippen molar-refractivity contribution < 1.29 is 57.9 Å². The molecule has 0 radical (unpaired) electrons. The summed E-state index contributed by atoms with van der Waals surface area (Å²) in [6, 6.07) is 7.62. The third-order valence-electron chi connectivity index (χ3n) is 11.3. The molecule has 50 heavy (non-hydrogen) atoms. The highest BCUT2D eigenvalue weighted by atomic mass is 16.6. The minimum atomic E-state index is -1.46. The number of fused-ring (bicyclic) bond motifs is 2. The number of aliphatic hydroxyl groups is 1. The smallest absolute Gasteiger partial charge is 0.348 e. The van der Waals surface area contributed by atoms with Gasteiger partial charge in [-0.2, -0.15) is 0 Å². The molecule has 1 heterocycles. The van der Waals surface area contributed by atoms with Crippen molar-refractivity contribution in [3.8, 4) is 0 Å². The molecule has 1 aromatic rings. The second kappa shape index (κ2) is 14.0. The predicted octanol–water partition coefficient (Wildman–Crippen LogP) is 2.68. The zero-order valence-electron chi connectivity index (χ0n) is 29.1. The molecular weight excluding hydrogens is 650 g/mol. The van der Waals surface area contributed by atoms with Crippen LogP contribution < -0.4 is 5.32 Å². The summed E-state index contributed by atoms with van der Waals surface area (Å²) in [5.41, 5.74) is -0.163. The van der Waals surface area contributed by atoms with E-state index < -0.39 is 101 Å². The summed E-state index contributed by atoms with van der Waals surface area (Å²) in [5.74, 6) is -7.69. The predicted molar refractivity (Wildman–Crippen MR) is 175 cm³/mol. The van der Waals surface area contributed by atoms with Crippen LogP contribution in [0.5, 0.6) is 0 Å². The summed E-state index contributed by atoms with van der Waals surface area (Å²) in [7, 11) is 1.21. The summed E-state index contributed by atoms with van der Waals surface area (Å²) < 4.78 is 22.6. The number of ketones is 1. The Hall–Kier alpha value is -4.52. The summed E-state index contributed by atoms with van der Waals surface area (Å²) >= 11 is 0. The van der Waals surface area contributed by atoms with Gasteiger partial charge in [-0.1, -0.05) is 49.8 Å². The SMILES string of the molecule is COC(=O)C1C[C@H](O)C2C3(C)CC(=O)C(OCC(=O)NC(Cc4ccccc4)C(=O)O)=C(C)C3CC3OC(=O)C(OC(=O)C=C(C)C)C1C32C. The molecule has 3 fully saturated rings. The first kappa shape index (κ1) is 36.8. The Morgan fingerprint density at radius 3 is 2.40 bits per heavy atom. The number of aliphatic hydroxyl groups excluding tert-OH is 1. The van der Waals surface area contributed by atoms with Gasteiger partial charge in [0, 0.05) is 36.2 Å². The molecule has 9 unspecified atom stereocenters. The number of carbonyl (C=O) groups excluding carboxylic acids is 5. The molecule has 2 saturated carbocycles. The van der Waals surface area contributed by atoms with E-state index in [4.69, 9.17) is 18.9 Å². The Kier molecular flexibility index (Phi) is 10.3. The number of carboxylic acids is 1. The van der Waals surface area contributed by atoms with Crippen molar-refractivity contribution in [3.63, 3.8) is 0 Å². The number of carbonyl (C=O) groups is 6. The third kappa shape index (κ3) is 6.55. The van der Waals surface area contributed by atoms with Crippen LogP contribution >= 0.6 is 0 Å². The number of Topliss-reactive ketones (excluding diaryl/α,β-unsaturated/α-hetero) is 1. The molecule has 4 aliphatic rings. The number of aliphatic carboxylic acids is 1. The first-order chi connectivity index (χ1) is 23.5. The first-order valence-electron chi connectivity index (χ1n) is 16.8.